The Balaban J connectivity index is 2.66. The van der Waals surface area contributed by atoms with Gasteiger partial charge >= 0.3 is 0 Å². The van der Waals surface area contributed by atoms with Gasteiger partial charge in [0.2, 0.25) is 5.91 Å². The minimum Gasteiger partial charge on any atom is -0.750 e. The Morgan fingerprint density at radius 1 is 1.43 bits per heavy atom. The maximum atomic E-state index is 10.9. The van der Waals surface area contributed by atoms with Crippen LogP contribution in [0.4, 0.5) is 0 Å². The zero-order valence-electron chi connectivity index (χ0n) is 8.08. The van der Waals surface area contributed by atoms with Gasteiger partial charge < -0.3 is 9.87 Å². The van der Waals surface area contributed by atoms with Crippen molar-refractivity contribution < 1.29 is 17.7 Å². The topological polar surface area (TPSA) is 78.5 Å². The van der Waals surface area contributed by atoms with Crippen molar-refractivity contribution in [2.45, 2.75) is 44.8 Å². The van der Waals surface area contributed by atoms with Gasteiger partial charge in [0, 0.05) is 6.92 Å². The average Bonchev–Trinajstić information content (AvgIpc) is 2.01. The highest BCUT2D eigenvalue weighted by Crippen LogP contribution is 2.29. The first kappa shape index (κ1) is 11.6. The quantitative estimate of drug-likeness (QED) is 0.558. The van der Waals surface area contributed by atoms with E-state index in [2.05, 4.69) is 5.32 Å². The molecule has 6 heteroatoms. The van der Waals surface area contributed by atoms with Crippen LogP contribution in [0.15, 0.2) is 0 Å². The summed E-state index contributed by atoms with van der Waals surface area (Å²) in [6.45, 7) is 1.35. The smallest absolute Gasteiger partial charge is 0.219 e. The fourth-order valence-corrected chi connectivity index (χ4v) is 2.27. The molecule has 0 aliphatic heterocycles. The highest BCUT2D eigenvalue weighted by Gasteiger charge is 2.34. The zero-order chi connectivity index (χ0) is 10.6. The lowest BCUT2D eigenvalue weighted by atomic mass is 9.92. The average molecular weight is 220 g/mol. The van der Waals surface area contributed by atoms with Crippen molar-refractivity contribution in [2.75, 3.05) is 0 Å². The summed E-state index contributed by atoms with van der Waals surface area (Å²) in [5, 5.41) is 2.57. The summed E-state index contributed by atoms with van der Waals surface area (Å²) in [5.74, 6) is -0.266. The fourth-order valence-electron chi connectivity index (χ4n) is 1.80. The first-order chi connectivity index (χ1) is 6.54. The largest absolute Gasteiger partial charge is 0.750 e. The number of hydrogen-bond acceptors (Lipinski definition) is 4. The minimum absolute atomic E-state index is 0.266. The predicted octanol–water partition coefficient (Wildman–Crippen LogP) is 0.594. The van der Waals surface area contributed by atoms with Crippen molar-refractivity contribution in [2.24, 2.45) is 0 Å². The summed E-state index contributed by atoms with van der Waals surface area (Å²) in [5.41, 5.74) is -0.989. The molecule has 0 heterocycles. The van der Waals surface area contributed by atoms with Gasteiger partial charge in [-0.2, -0.15) is 0 Å². The number of carbonyl (C=O) groups excluding carboxylic acids is 1. The van der Waals surface area contributed by atoms with E-state index >= 15 is 0 Å². The van der Waals surface area contributed by atoms with Gasteiger partial charge in [-0.15, -0.1) is 0 Å². The molecule has 0 saturated heterocycles. The van der Waals surface area contributed by atoms with E-state index in [9.17, 15) is 13.6 Å². The van der Waals surface area contributed by atoms with E-state index in [-0.39, 0.29) is 5.91 Å². The molecule has 1 atom stereocenters. The number of amides is 1. The molecule has 1 rings (SSSR count). The normalized spacial score (nSPS) is 22.7. The summed E-state index contributed by atoms with van der Waals surface area (Å²) in [4.78, 5) is 10.9. The molecule has 5 nitrogen and oxygen atoms in total. The van der Waals surface area contributed by atoms with E-state index in [1.165, 1.54) is 6.92 Å². The van der Waals surface area contributed by atoms with Crippen LogP contribution in [0.3, 0.4) is 0 Å². The van der Waals surface area contributed by atoms with Gasteiger partial charge in [-0.05, 0) is 25.7 Å². The van der Waals surface area contributed by atoms with Gasteiger partial charge in [0.05, 0.1) is 11.4 Å². The second kappa shape index (κ2) is 4.86. The van der Waals surface area contributed by atoms with E-state index in [0.717, 1.165) is 19.3 Å². The van der Waals surface area contributed by atoms with Crippen molar-refractivity contribution in [3.05, 3.63) is 0 Å². The SMILES string of the molecule is CC(=O)NC1(OS(=O)[O-])CCCCC1. The molecule has 1 unspecified atom stereocenters. The van der Waals surface area contributed by atoms with E-state index in [1.54, 1.807) is 0 Å². The monoisotopic (exact) mass is 220 g/mol. The standard InChI is InChI=1S/C8H15NO4S/c1-7(10)9-8(13-14(11)12)5-3-2-4-6-8/h2-6H2,1H3,(H,9,10)(H,11,12)/p-1. The van der Waals surface area contributed by atoms with Crippen molar-refractivity contribution in [1.82, 2.24) is 5.32 Å². The maximum Gasteiger partial charge on any atom is 0.219 e. The summed E-state index contributed by atoms with van der Waals surface area (Å²) in [6.07, 6.45) is 3.91. The Morgan fingerprint density at radius 2 is 2.00 bits per heavy atom. The van der Waals surface area contributed by atoms with Crippen LogP contribution in [0.1, 0.15) is 39.0 Å². The summed E-state index contributed by atoms with van der Waals surface area (Å²) in [7, 11) is 0. The van der Waals surface area contributed by atoms with Crippen molar-refractivity contribution in [1.29, 1.82) is 0 Å². The van der Waals surface area contributed by atoms with Crippen LogP contribution in [0, 0.1) is 0 Å². The molecule has 1 amide bonds. The van der Waals surface area contributed by atoms with E-state index in [1.807, 2.05) is 0 Å². The molecule has 0 aromatic heterocycles. The van der Waals surface area contributed by atoms with Crippen LogP contribution >= 0.6 is 0 Å². The molecule has 1 aliphatic carbocycles. The Hall–Kier alpha value is -0.460. The first-order valence-corrected chi connectivity index (χ1v) is 5.62. The molecule has 1 fully saturated rings. The molecule has 0 spiro atoms. The molecule has 1 aliphatic rings. The third-order valence-corrected chi connectivity index (χ3v) is 2.75. The highest BCUT2D eigenvalue weighted by molar-refractivity contribution is 7.74. The number of rotatable bonds is 3. The Morgan fingerprint density at radius 3 is 2.43 bits per heavy atom. The Bertz CT molecular complexity index is 219. The van der Waals surface area contributed by atoms with Gasteiger partial charge in [-0.3, -0.25) is 8.98 Å². The summed E-state index contributed by atoms with van der Waals surface area (Å²) >= 11 is -2.58. The van der Waals surface area contributed by atoms with Crippen LogP contribution in [0.5, 0.6) is 0 Å². The molecule has 1 saturated carbocycles. The van der Waals surface area contributed by atoms with Crippen LogP contribution < -0.4 is 5.32 Å². The first-order valence-electron chi connectivity index (χ1n) is 4.62. The van der Waals surface area contributed by atoms with E-state index in [4.69, 9.17) is 4.18 Å². The van der Waals surface area contributed by atoms with E-state index in [0.29, 0.717) is 12.8 Å². The zero-order valence-corrected chi connectivity index (χ0v) is 8.89. The summed E-state index contributed by atoms with van der Waals surface area (Å²) < 4.78 is 25.7. The lowest BCUT2D eigenvalue weighted by Crippen LogP contribution is -2.51. The molecular formula is C8H14NO4S-. The molecular weight excluding hydrogens is 206 g/mol. The van der Waals surface area contributed by atoms with Crippen LogP contribution in [-0.2, 0) is 20.3 Å². The number of hydrogen-bond donors (Lipinski definition) is 1. The fraction of sp³-hybridized carbons (Fsp3) is 0.875. The van der Waals surface area contributed by atoms with Gasteiger partial charge in [-0.1, -0.05) is 6.42 Å². The van der Waals surface area contributed by atoms with Crippen LogP contribution in [-0.4, -0.2) is 20.4 Å². The molecule has 0 aromatic carbocycles. The van der Waals surface area contributed by atoms with E-state index < -0.39 is 17.1 Å². The molecule has 0 radical (unpaired) electrons. The third kappa shape index (κ3) is 3.36. The lowest BCUT2D eigenvalue weighted by molar-refractivity contribution is -0.126. The van der Waals surface area contributed by atoms with Gasteiger partial charge in [0.15, 0.2) is 5.72 Å². The Labute approximate surface area is 85.7 Å². The van der Waals surface area contributed by atoms with Gasteiger partial charge in [-0.25, -0.2) is 4.21 Å². The molecule has 0 bridgehead atoms. The highest BCUT2D eigenvalue weighted by atomic mass is 32.2. The van der Waals surface area contributed by atoms with Crippen LogP contribution in [0.25, 0.3) is 0 Å². The number of carbonyl (C=O) groups is 1. The maximum absolute atomic E-state index is 10.9. The lowest BCUT2D eigenvalue weighted by Gasteiger charge is -2.37. The molecule has 1 N–H and O–H groups in total. The second-order valence-corrected chi connectivity index (χ2v) is 4.10. The molecule has 82 valence electrons. The third-order valence-electron chi connectivity index (χ3n) is 2.29. The van der Waals surface area contributed by atoms with Crippen molar-refractivity contribution in [3.8, 4) is 0 Å². The van der Waals surface area contributed by atoms with Crippen molar-refractivity contribution in [3.63, 3.8) is 0 Å². The minimum atomic E-state index is -2.58. The number of nitrogens with one attached hydrogen (secondary N) is 1. The molecule has 0 aromatic rings. The second-order valence-electron chi connectivity index (χ2n) is 3.52. The van der Waals surface area contributed by atoms with Gasteiger partial charge in [0.1, 0.15) is 0 Å². The van der Waals surface area contributed by atoms with Crippen LogP contribution in [0.2, 0.25) is 0 Å². The van der Waals surface area contributed by atoms with Crippen molar-refractivity contribution >= 4 is 17.3 Å². The van der Waals surface area contributed by atoms with Gasteiger partial charge in [0.25, 0.3) is 0 Å². The predicted molar refractivity (Wildman–Crippen MR) is 49.6 cm³/mol. The Kier molecular flexibility index (Phi) is 4.03. The molecule has 14 heavy (non-hydrogen) atoms. The summed E-state index contributed by atoms with van der Waals surface area (Å²) in [6, 6.07) is 0.